The first-order chi connectivity index (χ1) is 15.2. The van der Waals surface area contributed by atoms with Gasteiger partial charge >= 0.3 is 0 Å². The van der Waals surface area contributed by atoms with E-state index < -0.39 is 0 Å². The first-order valence-electron chi connectivity index (χ1n) is 9.91. The Labute approximate surface area is 183 Å². The van der Waals surface area contributed by atoms with Gasteiger partial charge in [0.25, 0.3) is 10.8 Å². The molecule has 0 aliphatic heterocycles. The Bertz CT molecular complexity index is 1350. The molecule has 5 aromatic rings. The molecule has 3 aromatic heterocycles. The smallest absolute Gasteiger partial charge is 0.258 e. The van der Waals surface area contributed by atoms with Crippen LogP contribution in [0, 0.1) is 6.92 Å². The predicted molar refractivity (Wildman–Crippen MR) is 123 cm³/mol. The monoisotopic (exact) mass is 425 g/mol. The number of aryl methyl sites for hydroxylation is 1. The van der Waals surface area contributed by atoms with Crippen molar-refractivity contribution >= 4 is 17.4 Å². The van der Waals surface area contributed by atoms with Crippen LogP contribution in [0.1, 0.15) is 11.3 Å². The largest absolute Gasteiger partial charge is 0.431 e. The van der Waals surface area contributed by atoms with Gasteiger partial charge in [-0.15, -0.1) is 0 Å². The second-order valence-electron chi connectivity index (χ2n) is 7.15. The van der Waals surface area contributed by atoms with Crippen LogP contribution in [-0.4, -0.2) is 14.4 Å². The van der Waals surface area contributed by atoms with Gasteiger partial charge in [-0.1, -0.05) is 78.5 Å². The molecule has 31 heavy (non-hydrogen) atoms. The van der Waals surface area contributed by atoms with Gasteiger partial charge in [-0.3, -0.25) is 9.20 Å². The molecule has 0 spiro atoms. The lowest BCUT2D eigenvalue weighted by molar-refractivity contribution is 0.466. The van der Waals surface area contributed by atoms with Crippen LogP contribution in [-0.2, 0) is 5.75 Å². The normalized spacial score (nSPS) is 11.1. The number of benzene rings is 2. The SMILES string of the molecule is Cc1cccn2c(=O)cc(CSc3nc(-c4ccccc4)c(-c4ccccc4)o3)nc12. The highest BCUT2D eigenvalue weighted by atomic mass is 32.2. The topological polar surface area (TPSA) is 60.4 Å². The summed E-state index contributed by atoms with van der Waals surface area (Å²) in [4.78, 5) is 21.9. The average molecular weight is 426 g/mol. The highest BCUT2D eigenvalue weighted by Gasteiger charge is 2.17. The van der Waals surface area contributed by atoms with Gasteiger partial charge in [0.2, 0.25) is 0 Å². The molecule has 3 heterocycles. The number of aromatic nitrogens is 3. The summed E-state index contributed by atoms with van der Waals surface area (Å²) in [6.45, 7) is 1.95. The Kier molecular flexibility index (Phi) is 5.14. The Balaban J connectivity index is 1.49. The van der Waals surface area contributed by atoms with Crippen molar-refractivity contribution in [2.45, 2.75) is 17.9 Å². The maximum Gasteiger partial charge on any atom is 0.258 e. The minimum atomic E-state index is -0.0911. The fourth-order valence-corrected chi connectivity index (χ4v) is 4.17. The third kappa shape index (κ3) is 3.90. The lowest BCUT2D eigenvalue weighted by Gasteiger charge is -2.05. The average Bonchev–Trinajstić information content (AvgIpc) is 3.24. The summed E-state index contributed by atoms with van der Waals surface area (Å²) in [6, 6.07) is 25.3. The molecule has 0 amide bonds. The van der Waals surface area contributed by atoms with Gasteiger partial charge in [0.1, 0.15) is 11.3 Å². The quantitative estimate of drug-likeness (QED) is 0.342. The maximum atomic E-state index is 12.5. The van der Waals surface area contributed by atoms with Gasteiger partial charge in [0.05, 0.1) is 5.69 Å². The summed E-state index contributed by atoms with van der Waals surface area (Å²) in [5.74, 6) is 1.22. The first-order valence-corrected chi connectivity index (χ1v) is 10.9. The molecule has 6 heteroatoms. The third-order valence-corrected chi connectivity index (χ3v) is 5.84. The van der Waals surface area contributed by atoms with Crippen LogP contribution < -0.4 is 5.56 Å². The van der Waals surface area contributed by atoms with E-state index in [1.807, 2.05) is 79.7 Å². The Morgan fingerprint density at radius 1 is 0.903 bits per heavy atom. The zero-order valence-corrected chi connectivity index (χ0v) is 17.7. The van der Waals surface area contributed by atoms with E-state index in [-0.39, 0.29) is 5.56 Å². The molecule has 5 nitrogen and oxygen atoms in total. The van der Waals surface area contributed by atoms with Gasteiger partial charge in [0.15, 0.2) is 5.76 Å². The van der Waals surface area contributed by atoms with Crippen LogP contribution in [0.3, 0.4) is 0 Å². The van der Waals surface area contributed by atoms with E-state index in [2.05, 4.69) is 4.98 Å². The number of hydrogen-bond donors (Lipinski definition) is 0. The van der Waals surface area contributed by atoms with Crippen LogP contribution in [0.5, 0.6) is 0 Å². The van der Waals surface area contributed by atoms with Crippen molar-refractivity contribution in [3.63, 3.8) is 0 Å². The number of rotatable bonds is 5. The van der Waals surface area contributed by atoms with Crippen LogP contribution in [0.2, 0.25) is 0 Å². The van der Waals surface area contributed by atoms with E-state index in [0.29, 0.717) is 22.3 Å². The number of pyridine rings is 1. The lowest BCUT2D eigenvalue weighted by atomic mass is 10.1. The molecule has 2 aromatic carbocycles. The molecule has 0 saturated heterocycles. The predicted octanol–water partition coefficient (Wildman–Crippen LogP) is 5.62. The van der Waals surface area contributed by atoms with Crippen LogP contribution in [0.25, 0.3) is 28.2 Å². The molecule has 0 aliphatic rings. The van der Waals surface area contributed by atoms with E-state index in [1.54, 1.807) is 16.7 Å². The number of hydrogen-bond acceptors (Lipinski definition) is 5. The van der Waals surface area contributed by atoms with Crippen LogP contribution in [0.15, 0.2) is 99.5 Å². The minimum absolute atomic E-state index is 0.0911. The first kappa shape index (κ1) is 19.3. The molecule has 0 N–H and O–H groups in total. The van der Waals surface area contributed by atoms with Gasteiger partial charge in [-0.05, 0) is 18.6 Å². The summed E-state index contributed by atoms with van der Waals surface area (Å²) >= 11 is 1.43. The van der Waals surface area contributed by atoms with Crippen molar-refractivity contribution in [3.8, 4) is 22.6 Å². The Morgan fingerprint density at radius 2 is 1.61 bits per heavy atom. The maximum absolute atomic E-state index is 12.5. The van der Waals surface area contributed by atoms with Crippen LogP contribution in [0.4, 0.5) is 0 Å². The molecule has 152 valence electrons. The molecule has 0 fully saturated rings. The van der Waals surface area contributed by atoms with E-state index in [0.717, 1.165) is 28.1 Å². The second kappa shape index (κ2) is 8.24. The molecular formula is C25H19N3O2S. The van der Waals surface area contributed by atoms with Crippen molar-refractivity contribution < 1.29 is 4.42 Å². The van der Waals surface area contributed by atoms with Gasteiger partial charge in [-0.25, -0.2) is 9.97 Å². The van der Waals surface area contributed by atoms with Gasteiger partial charge in [-0.2, -0.15) is 0 Å². The van der Waals surface area contributed by atoms with Crippen molar-refractivity contribution in [1.82, 2.24) is 14.4 Å². The van der Waals surface area contributed by atoms with Crippen molar-refractivity contribution in [1.29, 1.82) is 0 Å². The summed E-state index contributed by atoms with van der Waals surface area (Å²) < 4.78 is 7.72. The van der Waals surface area contributed by atoms with E-state index in [9.17, 15) is 4.79 Å². The zero-order chi connectivity index (χ0) is 21.2. The van der Waals surface area contributed by atoms with Gasteiger partial charge in [0, 0.05) is 29.1 Å². The summed E-state index contributed by atoms with van der Waals surface area (Å²) in [6.07, 6.45) is 1.74. The molecular weight excluding hydrogens is 406 g/mol. The van der Waals surface area contributed by atoms with E-state index >= 15 is 0 Å². The molecule has 0 aliphatic carbocycles. The molecule has 0 radical (unpaired) electrons. The second-order valence-corrected chi connectivity index (χ2v) is 8.08. The number of fused-ring (bicyclic) bond motifs is 1. The van der Waals surface area contributed by atoms with Crippen molar-refractivity contribution in [2.75, 3.05) is 0 Å². The summed E-state index contributed by atoms with van der Waals surface area (Å²) in [5, 5.41) is 0.546. The van der Waals surface area contributed by atoms with Crippen molar-refractivity contribution in [3.05, 3.63) is 107 Å². The minimum Gasteiger partial charge on any atom is -0.431 e. The Morgan fingerprint density at radius 3 is 2.35 bits per heavy atom. The highest BCUT2D eigenvalue weighted by molar-refractivity contribution is 7.98. The molecule has 0 atom stereocenters. The number of thioether (sulfide) groups is 1. The van der Waals surface area contributed by atoms with E-state index in [1.165, 1.54) is 11.8 Å². The highest BCUT2D eigenvalue weighted by Crippen LogP contribution is 2.36. The van der Waals surface area contributed by atoms with Crippen molar-refractivity contribution in [2.24, 2.45) is 0 Å². The fourth-order valence-electron chi connectivity index (χ4n) is 3.46. The molecule has 0 bridgehead atoms. The molecule has 5 rings (SSSR count). The number of nitrogens with zero attached hydrogens (tertiary/aromatic N) is 3. The third-order valence-electron chi connectivity index (χ3n) is 4.97. The lowest BCUT2D eigenvalue weighted by Crippen LogP contribution is -2.15. The summed E-state index contributed by atoms with van der Waals surface area (Å²) in [7, 11) is 0. The van der Waals surface area contributed by atoms with E-state index in [4.69, 9.17) is 9.40 Å². The fraction of sp³-hybridized carbons (Fsp3) is 0.0800. The van der Waals surface area contributed by atoms with Crippen LogP contribution >= 0.6 is 11.8 Å². The van der Waals surface area contributed by atoms with Gasteiger partial charge < -0.3 is 4.42 Å². The molecule has 0 saturated carbocycles. The standard InChI is InChI=1S/C25H19N3O2S/c1-17-9-8-14-28-21(29)15-20(26-24(17)28)16-31-25-27-22(18-10-4-2-5-11-18)23(30-25)19-12-6-3-7-13-19/h2-15H,16H2,1H3. The molecule has 0 unspecified atom stereocenters. The zero-order valence-electron chi connectivity index (χ0n) is 16.9. The Hall–Kier alpha value is -3.64. The summed E-state index contributed by atoms with van der Waals surface area (Å²) in [5.41, 5.74) is 5.01. The number of oxazole rings is 1.